The van der Waals surface area contributed by atoms with E-state index in [1.165, 1.54) is 23.5 Å². The number of aliphatic hydroxyl groups is 1. The van der Waals surface area contributed by atoms with E-state index in [9.17, 15) is 12.8 Å². The maximum Gasteiger partial charge on any atom is 0.245 e. The van der Waals surface area contributed by atoms with E-state index in [0.29, 0.717) is 23.9 Å². The average molecular weight is 287 g/mol. The fraction of sp³-hybridized carbons (Fsp3) is 0.538. The number of benzene rings is 1. The van der Waals surface area contributed by atoms with Crippen LogP contribution in [0.2, 0.25) is 0 Å². The van der Waals surface area contributed by atoms with Gasteiger partial charge in [-0.15, -0.1) is 0 Å². The lowest BCUT2D eigenvalue weighted by atomic mass is 10.2. The number of hydrogen-bond acceptors (Lipinski definition) is 3. The molecule has 1 saturated carbocycles. The van der Waals surface area contributed by atoms with Crippen LogP contribution in [0.5, 0.6) is 0 Å². The molecule has 0 heterocycles. The van der Waals surface area contributed by atoms with Gasteiger partial charge in [0, 0.05) is 13.6 Å². The van der Waals surface area contributed by atoms with Gasteiger partial charge in [-0.1, -0.05) is 13.0 Å². The van der Waals surface area contributed by atoms with Crippen LogP contribution in [-0.2, 0) is 16.6 Å². The molecule has 2 atom stereocenters. The lowest BCUT2D eigenvalue weighted by Crippen LogP contribution is -2.30. The Bertz CT molecular complexity index is 573. The van der Waals surface area contributed by atoms with Crippen LogP contribution in [0.25, 0.3) is 0 Å². The summed E-state index contributed by atoms with van der Waals surface area (Å²) < 4.78 is 39.5. The molecule has 0 aliphatic heterocycles. The zero-order valence-corrected chi connectivity index (χ0v) is 11.8. The molecule has 0 spiro atoms. The number of rotatable bonds is 5. The summed E-state index contributed by atoms with van der Waals surface area (Å²) in [6.45, 7) is 2.18. The molecule has 2 unspecified atom stereocenters. The third kappa shape index (κ3) is 2.96. The maximum absolute atomic E-state index is 13.8. The van der Waals surface area contributed by atoms with E-state index in [1.54, 1.807) is 0 Å². The lowest BCUT2D eigenvalue weighted by Gasteiger charge is -2.17. The Morgan fingerprint density at radius 1 is 1.47 bits per heavy atom. The summed E-state index contributed by atoms with van der Waals surface area (Å²) in [5.41, 5.74) is 0.356. The minimum Gasteiger partial charge on any atom is -0.392 e. The van der Waals surface area contributed by atoms with Gasteiger partial charge in [0.2, 0.25) is 10.0 Å². The van der Waals surface area contributed by atoms with Crippen molar-refractivity contribution in [2.24, 2.45) is 11.8 Å². The second kappa shape index (κ2) is 5.19. The molecule has 0 aromatic heterocycles. The fourth-order valence-electron chi connectivity index (χ4n) is 2.10. The van der Waals surface area contributed by atoms with Crippen LogP contribution < -0.4 is 0 Å². The number of aliphatic hydroxyl groups excluding tert-OH is 1. The first kappa shape index (κ1) is 14.4. The Labute approximate surface area is 112 Å². The highest BCUT2D eigenvalue weighted by Crippen LogP contribution is 2.38. The van der Waals surface area contributed by atoms with Gasteiger partial charge >= 0.3 is 0 Å². The van der Waals surface area contributed by atoms with E-state index in [-0.39, 0.29) is 11.5 Å². The van der Waals surface area contributed by atoms with Crippen LogP contribution >= 0.6 is 0 Å². The van der Waals surface area contributed by atoms with Crippen molar-refractivity contribution in [2.75, 3.05) is 13.6 Å². The summed E-state index contributed by atoms with van der Waals surface area (Å²) >= 11 is 0. The molecule has 1 aliphatic carbocycles. The predicted octanol–water partition coefficient (Wildman–Crippen LogP) is 1.59. The Morgan fingerprint density at radius 3 is 2.58 bits per heavy atom. The van der Waals surface area contributed by atoms with Gasteiger partial charge in [0.15, 0.2) is 0 Å². The van der Waals surface area contributed by atoms with E-state index in [0.717, 1.165) is 12.5 Å². The van der Waals surface area contributed by atoms with E-state index >= 15 is 0 Å². The molecule has 106 valence electrons. The Hall–Kier alpha value is -0.980. The van der Waals surface area contributed by atoms with Gasteiger partial charge in [0.1, 0.15) is 10.7 Å². The molecule has 19 heavy (non-hydrogen) atoms. The van der Waals surface area contributed by atoms with Crippen LogP contribution in [-0.4, -0.2) is 31.4 Å². The molecule has 1 aromatic carbocycles. The largest absolute Gasteiger partial charge is 0.392 e. The van der Waals surface area contributed by atoms with Crippen LogP contribution in [0.1, 0.15) is 18.9 Å². The molecular weight excluding hydrogens is 269 g/mol. The van der Waals surface area contributed by atoms with Gasteiger partial charge in [0.25, 0.3) is 0 Å². The maximum atomic E-state index is 13.8. The first-order chi connectivity index (χ1) is 8.86. The summed E-state index contributed by atoms with van der Waals surface area (Å²) in [7, 11) is -2.32. The average Bonchev–Trinajstić information content (AvgIpc) is 3.04. The first-order valence-electron chi connectivity index (χ1n) is 6.22. The normalized spacial score (nSPS) is 22.8. The topological polar surface area (TPSA) is 57.6 Å². The van der Waals surface area contributed by atoms with Crippen LogP contribution in [0, 0.1) is 17.7 Å². The predicted molar refractivity (Wildman–Crippen MR) is 69.4 cm³/mol. The molecule has 0 bridgehead atoms. The van der Waals surface area contributed by atoms with Gasteiger partial charge in [-0.25, -0.2) is 17.1 Å². The molecule has 0 saturated heterocycles. The Kier molecular flexibility index (Phi) is 3.94. The van der Waals surface area contributed by atoms with Gasteiger partial charge < -0.3 is 5.11 Å². The van der Waals surface area contributed by atoms with E-state index in [4.69, 9.17) is 5.11 Å². The van der Waals surface area contributed by atoms with Gasteiger partial charge in [0.05, 0.1) is 6.61 Å². The summed E-state index contributed by atoms with van der Waals surface area (Å²) in [6, 6.07) is 3.69. The lowest BCUT2D eigenvalue weighted by molar-refractivity contribution is 0.281. The third-order valence-corrected chi connectivity index (χ3v) is 5.49. The van der Waals surface area contributed by atoms with Crippen molar-refractivity contribution < 1.29 is 17.9 Å². The minimum atomic E-state index is -3.80. The van der Waals surface area contributed by atoms with E-state index in [2.05, 4.69) is 6.92 Å². The smallest absolute Gasteiger partial charge is 0.245 e. The van der Waals surface area contributed by atoms with Gasteiger partial charge in [-0.05, 0) is 36.0 Å². The van der Waals surface area contributed by atoms with Crippen molar-refractivity contribution in [2.45, 2.75) is 24.8 Å². The molecule has 1 aliphatic rings. The summed E-state index contributed by atoms with van der Waals surface area (Å²) in [4.78, 5) is -0.333. The molecule has 2 rings (SSSR count). The van der Waals surface area contributed by atoms with Crippen LogP contribution in [0.3, 0.4) is 0 Å². The monoisotopic (exact) mass is 287 g/mol. The highest BCUT2D eigenvalue weighted by Gasteiger charge is 2.36. The van der Waals surface area contributed by atoms with E-state index in [1.807, 2.05) is 0 Å². The van der Waals surface area contributed by atoms with Crippen molar-refractivity contribution in [1.29, 1.82) is 0 Å². The first-order valence-corrected chi connectivity index (χ1v) is 7.66. The highest BCUT2D eigenvalue weighted by atomic mass is 32.2. The molecule has 1 aromatic rings. The van der Waals surface area contributed by atoms with Crippen molar-refractivity contribution in [1.82, 2.24) is 4.31 Å². The number of halogens is 1. The Balaban J connectivity index is 2.23. The van der Waals surface area contributed by atoms with Crippen molar-refractivity contribution >= 4 is 10.0 Å². The molecule has 1 fully saturated rings. The zero-order chi connectivity index (χ0) is 14.2. The number of sulfonamides is 1. The quantitative estimate of drug-likeness (QED) is 0.895. The number of nitrogens with zero attached hydrogens (tertiary/aromatic N) is 1. The highest BCUT2D eigenvalue weighted by molar-refractivity contribution is 7.89. The van der Waals surface area contributed by atoms with E-state index < -0.39 is 15.8 Å². The Morgan fingerprint density at radius 2 is 2.11 bits per heavy atom. The summed E-state index contributed by atoms with van der Waals surface area (Å²) in [5, 5.41) is 8.89. The summed E-state index contributed by atoms with van der Waals surface area (Å²) in [6.07, 6.45) is 1.02. The standard InChI is InChI=1S/C13H18FNO3S/c1-9-5-11(9)7-15(2)19(17,18)13-4-3-10(8-16)6-12(13)14/h3-4,6,9,11,16H,5,7-8H2,1-2H3. The molecular formula is C13H18FNO3S. The zero-order valence-electron chi connectivity index (χ0n) is 11.0. The van der Waals surface area contributed by atoms with Gasteiger partial charge in [-0.3, -0.25) is 0 Å². The van der Waals surface area contributed by atoms with Crippen molar-refractivity contribution in [3.8, 4) is 0 Å². The second-order valence-corrected chi connectivity index (χ2v) is 7.19. The molecule has 4 nitrogen and oxygen atoms in total. The van der Waals surface area contributed by atoms with Crippen LogP contribution in [0.15, 0.2) is 23.1 Å². The SMILES string of the molecule is CC1CC1CN(C)S(=O)(=O)c1ccc(CO)cc1F. The molecule has 1 N–H and O–H groups in total. The van der Waals surface area contributed by atoms with Crippen LogP contribution in [0.4, 0.5) is 4.39 Å². The van der Waals surface area contributed by atoms with Crippen molar-refractivity contribution in [3.05, 3.63) is 29.6 Å². The van der Waals surface area contributed by atoms with Crippen molar-refractivity contribution in [3.63, 3.8) is 0 Å². The van der Waals surface area contributed by atoms with Gasteiger partial charge in [-0.2, -0.15) is 0 Å². The molecule has 0 amide bonds. The minimum absolute atomic E-state index is 0.313. The fourth-order valence-corrected chi connectivity index (χ4v) is 3.37. The second-order valence-electron chi connectivity index (χ2n) is 5.18. The third-order valence-electron chi connectivity index (χ3n) is 3.63. The molecule has 6 heteroatoms. The molecule has 0 radical (unpaired) electrons. The summed E-state index contributed by atoms with van der Waals surface area (Å²) in [5.74, 6) is 0.0982. The number of hydrogen-bond donors (Lipinski definition) is 1.